The smallest absolute Gasteiger partial charge is 0.339 e. The van der Waals surface area contributed by atoms with Gasteiger partial charge in [-0.2, -0.15) is 5.10 Å². The number of hydrogen-bond acceptors (Lipinski definition) is 4. The molecule has 1 aliphatic rings. The summed E-state index contributed by atoms with van der Waals surface area (Å²) in [6.07, 6.45) is 2.96. The lowest BCUT2D eigenvalue weighted by Crippen LogP contribution is -2.39. The van der Waals surface area contributed by atoms with E-state index in [9.17, 15) is 14.7 Å². The predicted molar refractivity (Wildman–Crippen MR) is 105 cm³/mol. The zero-order valence-electron chi connectivity index (χ0n) is 15.3. The molecule has 1 aliphatic heterocycles. The van der Waals surface area contributed by atoms with Crippen LogP contribution in [0.3, 0.4) is 0 Å². The number of amides is 1. The number of aromatic carboxylic acids is 1. The van der Waals surface area contributed by atoms with E-state index < -0.39 is 5.97 Å². The highest BCUT2D eigenvalue weighted by Crippen LogP contribution is 2.30. The number of carbonyl (C=O) groups excluding carboxylic acids is 1. The van der Waals surface area contributed by atoms with Crippen LogP contribution in [0.2, 0.25) is 0 Å². The molecule has 0 unspecified atom stereocenters. The topological polar surface area (TPSA) is 75.4 Å². The summed E-state index contributed by atoms with van der Waals surface area (Å²) in [5.74, 6) is -0.877. The summed E-state index contributed by atoms with van der Waals surface area (Å²) in [4.78, 5) is 26.1. The molecule has 140 valence electrons. The van der Waals surface area contributed by atoms with Crippen LogP contribution in [0.5, 0.6) is 0 Å². The van der Waals surface area contributed by atoms with Crippen molar-refractivity contribution in [2.45, 2.75) is 32.7 Å². The number of carbonyl (C=O) groups is 2. The highest BCUT2D eigenvalue weighted by molar-refractivity contribution is 7.17. The molecule has 0 saturated carbocycles. The number of carboxylic acids is 1. The highest BCUT2D eigenvalue weighted by atomic mass is 32.1. The second-order valence-electron chi connectivity index (χ2n) is 7.07. The van der Waals surface area contributed by atoms with Gasteiger partial charge in [-0.05, 0) is 38.3 Å². The minimum absolute atomic E-state index is 0.0759. The van der Waals surface area contributed by atoms with Crippen LogP contribution in [-0.2, 0) is 0 Å². The molecule has 0 spiro atoms. The first-order valence-electron chi connectivity index (χ1n) is 9.00. The van der Waals surface area contributed by atoms with Crippen LogP contribution in [0.1, 0.15) is 50.9 Å². The second-order valence-corrected chi connectivity index (χ2v) is 7.98. The van der Waals surface area contributed by atoms with Gasteiger partial charge in [-0.1, -0.05) is 12.1 Å². The van der Waals surface area contributed by atoms with Gasteiger partial charge in [0.05, 0.1) is 23.5 Å². The van der Waals surface area contributed by atoms with E-state index in [1.54, 1.807) is 22.9 Å². The van der Waals surface area contributed by atoms with E-state index in [1.807, 2.05) is 22.4 Å². The molecule has 0 radical (unpaired) electrons. The molecule has 6 nitrogen and oxygen atoms in total. The minimum Gasteiger partial charge on any atom is -0.478 e. The molecule has 3 heterocycles. The number of aromatic nitrogens is 2. The van der Waals surface area contributed by atoms with Crippen molar-refractivity contribution in [3.8, 4) is 0 Å². The first-order chi connectivity index (χ1) is 13.0. The van der Waals surface area contributed by atoms with E-state index >= 15 is 0 Å². The summed E-state index contributed by atoms with van der Waals surface area (Å²) in [5, 5.41) is 16.4. The van der Waals surface area contributed by atoms with Gasteiger partial charge in [-0.3, -0.25) is 9.48 Å². The van der Waals surface area contributed by atoms with Crippen molar-refractivity contribution in [3.05, 3.63) is 52.2 Å². The van der Waals surface area contributed by atoms with Crippen LogP contribution < -0.4 is 0 Å². The van der Waals surface area contributed by atoms with Crippen LogP contribution in [0.15, 0.2) is 29.8 Å². The van der Waals surface area contributed by atoms with Crippen molar-refractivity contribution >= 4 is 33.3 Å². The van der Waals surface area contributed by atoms with Crippen molar-refractivity contribution < 1.29 is 14.7 Å². The van der Waals surface area contributed by atoms with Crippen molar-refractivity contribution in [2.24, 2.45) is 0 Å². The number of fused-ring (bicyclic) bond motifs is 1. The minimum atomic E-state index is -0.953. The largest absolute Gasteiger partial charge is 0.478 e. The molecule has 0 bridgehead atoms. The maximum atomic E-state index is 13.0. The van der Waals surface area contributed by atoms with Gasteiger partial charge >= 0.3 is 5.97 Å². The van der Waals surface area contributed by atoms with Gasteiger partial charge in [-0.25, -0.2) is 4.79 Å². The Morgan fingerprint density at radius 3 is 2.59 bits per heavy atom. The number of carboxylic acid groups (broad SMARTS) is 1. The Bertz CT molecular complexity index is 1030. The second kappa shape index (κ2) is 6.81. The normalized spacial score (nSPS) is 15.4. The fraction of sp³-hybridized carbons (Fsp3) is 0.350. The van der Waals surface area contributed by atoms with E-state index in [0.29, 0.717) is 18.8 Å². The van der Waals surface area contributed by atoms with Crippen molar-refractivity contribution in [1.29, 1.82) is 0 Å². The van der Waals surface area contributed by atoms with Crippen LogP contribution in [0, 0.1) is 13.8 Å². The molecule has 0 atom stereocenters. The average Bonchev–Trinajstić information content (AvgIpc) is 3.24. The molecule has 1 saturated heterocycles. The number of likely N-dealkylation sites (tertiary alicyclic amines) is 1. The van der Waals surface area contributed by atoms with Crippen molar-refractivity contribution in [1.82, 2.24) is 14.7 Å². The molecule has 27 heavy (non-hydrogen) atoms. The van der Waals surface area contributed by atoms with Crippen molar-refractivity contribution in [3.63, 3.8) is 0 Å². The highest BCUT2D eigenvalue weighted by Gasteiger charge is 2.28. The van der Waals surface area contributed by atoms with Gasteiger partial charge in [0.15, 0.2) is 0 Å². The third-order valence-electron chi connectivity index (χ3n) is 5.33. The van der Waals surface area contributed by atoms with Crippen LogP contribution in [0.4, 0.5) is 0 Å². The Kier molecular flexibility index (Phi) is 4.47. The number of rotatable bonds is 3. The Hall–Kier alpha value is -2.67. The first kappa shape index (κ1) is 17.7. The summed E-state index contributed by atoms with van der Waals surface area (Å²) in [7, 11) is 0. The van der Waals surface area contributed by atoms with Gasteiger partial charge in [-0.15, -0.1) is 11.3 Å². The Balaban J connectivity index is 1.49. The van der Waals surface area contributed by atoms with E-state index in [-0.39, 0.29) is 17.5 Å². The van der Waals surface area contributed by atoms with E-state index in [2.05, 4.69) is 18.1 Å². The zero-order valence-corrected chi connectivity index (χ0v) is 16.1. The van der Waals surface area contributed by atoms with Crippen LogP contribution >= 0.6 is 11.3 Å². The van der Waals surface area contributed by atoms with Gasteiger partial charge in [0.25, 0.3) is 5.91 Å². The third-order valence-corrected chi connectivity index (χ3v) is 6.28. The van der Waals surface area contributed by atoms with E-state index in [1.165, 1.54) is 11.8 Å². The third kappa shape index (κ3) is 3.12. The van der Waals surface area contributed by atoms with Crippen molar-refractivity contribution in [2.75, 3.05) is 13.1 Å². The van der Waals surface area contributed by atoms with Gasteiger partial charge in [0, 0.05) is 28.6 Å². The molecular weight excluding hydrogens is 362 g/mol. The maximum absolute atomic E-state index is 13.0. The Labute approximate surface area is 161 Å². The van der Waals surface area contributed by atoms with Gasteiger partial charge < -0.3 is 10.0 Å². The lowest BCUT2D eigenvalue weighted by Gasteiger charge is -2.32. The molecular formula is C20H21N3O3S. The summed E-state index contributed by atoms with van der Waals surface area (Å²) in [6.45, 7) is 5.13. The van der Waals surface area contributed by atoms with Gasteiger partial charge in [0.2, 0.25) is 0 Å². The molecule has 1 fully saturated rings. The van der Waals surface area contributed by atoms with Crippen LogP contribution in [-0.4, -0.2) is 44.8 Å². The lowest BCUT2D eigenvalue weighted by molar-refractivity contribution is 0.0690. The summed E-state index contributed by atoms with van der Waals surface area (Å²) >= 11 is 1.61. The number of aryl methyl sites for hydroxylation is 1. The molecule has 0 aliphatic carbocycles. The Morgan fingerprint density at radius 2 is 1.93 bits per heavy atom. The van der Waals surface area contributed by atoms with Gasteiger partial charge in [0.1, 0.15) is 5.56 Å². The molecule has 4 rings (SSSR count). The fourth-order valence-electron chi connectivity index (χ4n) is 3.79. The first-order valence-corrected chi connectivity index (χ1v) is 9.88. The molecule has 1 N–H and O–H groups in total. The molecule has 3 aromatic rings. The fourth-order valence-corrected chi connectivity index (χ4v) is 4.82. The van der Waals surface area contributed by atoms with E-state index in [4.69, 9.17) is 0 Å². The monoisotopic (exact) mass is 383 g/mol. The number of thiophene rings is 1. The lowest BCUT2D eigenvalue weighted by atomic mass is 10.0. The number of piperidine rings is 1. The Morgan fingerprint density at radius 1 is 1.19 bits per heavy atom. The summed E-state index contributed by atoms with van der Waals surface area (Å²) in [5.41, 5.74) is 2.89. The standard InChI is InChI=1S/C20H21N3O3S/c1-12-3-4-15-17(11-27-18(15)9-12)19(24)22-7-5-14(6-8-22)23-13(2)16(10-21-23)20(25)26/h3-4,9-11,14H,5-8H2,1-2H3,(H,25,26). The molecule has 1 amide bonds. The van der Waals surface area contributed by atoms with Crippen LogP contribution in [0.25, 0.3) is 10.1 Å². The number of hydrogen-bond donors (Lipinski definition) is 1. The quantitative estimate of drug-likeness (QED) is 0.744. The maximum Gasteiger partial charge on any atom is 0.339 e. The molecule has 2 aromatic heterocycles. The summed E-state index contributed by atoms with van der Waals surface area (Å²) < 4.78 is 2.94. The zero-order chi connectivity index (χ0) is 19.1. The predicted octanol–water partition coefficient (Wildman–Crippen LogP) is 3.89. The van der Waals surface area contributed by atoms with E-state index in [0.717, 1.165) is 28.5 Å². The summed E-state index contributed by atoms with van der Waals surface area (Å²) in [6, 6.07) is 6.31. The SMILES string of the molecule is Cc1ccc2c(C(=O)N3CCC(n4ncc(C(=O)O)c4C)CC3)csc2c1. The molecule has 1 aromatic carbocycles. The molecule has 7 heteroatoms. The number of nitrogens with zero attached hydrogens (tertiary/aromatic N) is 3. The number of benzene rings is 1. The average molecular weight is 383 g/mol.